The van der Waals surface area contributed by atoms with Gasteiger partial charge in [0, 0.05) is 49.1 Å². The van der Waals surface area contributed by atoms with E-state index in [0.717, 1.165) is 60.0 Å². The van der Waals surface area contributed by atoms with Gasteiger partial charge >= 0.3 is 0 Å². The van der Waals surface area contributed by atoms with Crippen molar-refractivity contribution in [1.82, 2.24) is 24.6 Å². The first-order chi connectivity index (χ1) is 16.2. The predicted octanol–water partition coefficient (Wildman–Crippen LogP) is 4.40. The van der Waals surface area contributed by atoms with Gasteiger partial charge in [-0.3, -0.25) is 9.88 Å². The fourth-order valence-corrected chi connectivity index (χ4v) is 4.89. The summed E-state index contributed by atoms with van der Waals surface area (Å²) in [5.41, 5.74) is 2.39. The van der Waals surface area contributed by atoms with Crippen LogP contribution in [0.3, 0.4) is 0 Å². The average Bonchev–Trinajstić information content (AvgIpc) is 3.25. The maximum Gasteiger partial charge on any atom is 0.191 e. The molecule has 2 aromatic heterocycles. The van der Waals surface area contributed by atoms with Crippen molar-refractivity contribution in [2.75, 3.05) is 32.8 Å². The molecule has 3 heterocycles. The van der Waals surface area contributed by atoms with Gasteiger partial charge in [0.05, 0.1) is 18.7 Å². The normalized spacial score (nSPS) is 14.7. The van der Waals surface area contributed by atoms with Crippen LogP contribution in [0.4, 0.5) is 8.78 Å². The highest BCUT2D eigenvalue weighted by Gasteiger charge is 2.18. The van der Waals surface area contributed by atoms with E-state index in [9.17, 15) is 8.78 Å². The lowest BCUT2D eigenvalue weighted by atomic mass is 10.1. The van der Waals surface area contributed by atoms with Gasteiger partial charge in [0.15, 0.2) is 11.0 Å². The summed E-state index contributed by atoms with van der Waals surface area (Å²) in [6.45, 7) is 4.75. The van der Waals surface area contributed by atoms with Crippen LogP contribution in [0.25, 0.3) is 22.3 Å². The van der Waals surface area contributed by atoms with E-state index in [2.05, 4.69) is 24.6 Å². The fraction of sp³-hybridized carbons (Fsp3) is 0.292. The van der Waals surface area contributed by atoms with Crippen LogP contribution in [-0.2, 0) is 17.0 Å². The summed E-state index contributed by atoms with van der Waals surface area (Å²) < 4.78 is 35.1. The Morgan fingerprint density at radius 1 is 0.939 bits per heavy atom. The van der Waals surface area contributed by atoms with Crippen LogP contribution in [0.1, 0.15) is 5.56 Å². The first-order valence-corrected chi connectivity index (χ1v) is 11.8. The molecule has 0 unspecified atom stereocenters. The molecule has 6 nitrogen and oxygen atoms in total. The van der Waals surface area contributed by atoms with Gasteiger partial charge in [-0.15, -0.1) is 10.2 Å². The number of hydrogen-bond acceptors (Lipinski definition) is 6. The highest BCUT2D eigenvalue weighted by Crippen LogP contribution is 2.29. The second-order valence-electron chi connectivity index (χ2n) is 7.85. The third-order valence-electron chi connectivity index (χ3n) is 5.67. The Bertz CT molecular complexity index is 1240. The zero-order chi connectivity index (χ0) is 22.6. The van der Waals surface area contributed by atoms with Crippen molar-refractivity contribution in [3.8, 4) is 11.4 Å². The van der Waals surface area contributed by atoms with Gasteiger partial charge in [0.2, 0.25) is 0 Å². The minimum absolute atomic E-state index is 0.285. The lowest BCUT2D eigenvalue weighted by Crippen LogP contribution is -2.38. The first kappa shape index (κ1) is 21.9. The molecule has 0 radical (unpaired) electrons. The number of thioether (sulfide) groups is 1. The number of halogens is 2. The Hall–Kier alpha value is -2.88. The number of morpholine rings is 1. The first-order valence-electron chi connectivity index (χ1n) is 10.8. The molecule has 2 aromatic carbocycles. The van der Waals surface area contributed by atoms with Gasteiger partial charge in [-0.25, -0.2) is 8.78 Å². The van der Waals surface area contributed by atoms with Crippen LogP contribution >= 0.6 is 11.8 Å². The van der Waals surface area contributed by atoms with Crippen LogP contribution in [-0.4, -0.2) is 57.5 Å². The third-order valence-corrected chi connectivity index (χ3v) is 6.68. The molecule has 1 fully saturated rings. The Morgan fingerprint density at radius 2 is 1.76 bits per heavy atom. The van der Waals surface area contributed by atoms with Crippen molar-refractivity contribution < 1.29 is 13.5 Å². The lowest BCUT2D eigenvalue weighted by molar-refractivity contribution is 0.0361. The van der Waals surface area contributed by atoms with Gasteiger partial charge in [-0.1, -0.05) is 17.8 Å². The summed E-state index contributed by atoms with van der Waals surface area (Å²) in [7, 11) is 0. The minimum Gasteiger partial charge on any atom is -0.379 e. The number of nitrogens with zero attached hydrogens (tertiary/aromatic N) is 5. The molecule has 33 heavy (non-hydrogen) atoms. The summed E-state index contributed by atoms with van der Waals surface area (Å²) in [4.78, 5) is 6.78. The molecule has 0 bridgehead atoms. The molecule has 0 spiro atoms. The fourth-order valence-electron chi connectivity index (χ4n) is 3.96. The van der Waals surface area contributed by atoms with Crippen molar-refractivity contribution in [3.05, 3.63) is 71.9 Å². The second-order valence-corrected chi connectivity index (χ2v) is 8.79. The van der Waals surface area contributed by atoms with Crippen LogP contribution in [0.2, 0.25) is 0 Å². The predicted molar refractivity (Wildman–Crippen MR) is 124 cm³/mol. The molecule has 5 rings (SSSR count). The Morgan fingerprint density at radius 3 is 2.58 bits per heavy atom. The van der Waals surface area contributed by atoms with E-state index in [1.54, 1.807) is 24.4 Å². The molecule has 1 aliphatic rings. The molecule has 0 amide bonds. The topological polar surface area (TPSA) is 56.1 Å². The van der Waals surface area contributed by atoms with Gasteiger partial charge < -0.3 is 9.30 Å². The average molecular weight is 468 g/mol. The molecule has 170 valence electrons. The molecule has 9 heteroatoms. The largest absolute Gasteiger partial charge is 0.379 e. The van der Waals surface area contributed by atoms with Crippen molar-refractivity contribution in [3.63, 3.8) is 0 Å². The van der Waals surface area contributed by atoms with E-state index in [1.807, 2.05) is 6.07 Å². The number of hydrogen-bond donors (Lipinski definition) is 0. The number of aromatic nitrogens is 4. The maximum atomic E-state index is 14.2. The smallest absolute Gasteiger partial charge is 0.191 e. The second kappa shape index (κ2) is 9.94. The Kier molecular flexibility index (Phi) is 6.61. The van der Waals surface area contributed by atoms with Crippen molar-refractivity contribution >= 4 is 22.7 Å². The summed E-state index contributed by atoms with van der Waals surface area (Å²) in [5.74, 6) is 0.614. The molecule has 1 aliphatic heterocycles. The van der Waals surface area contributed by atoms with E-state index in [-0.39, 0.29) is 11.6 Å². The van der Waals surface area contributed by atoms with Gasteiger partial charge in [-0.2, -0.15) is 0 Å². The van der Waals surface area contributed by atoms with Crippen LogP contribution in [0.15, 0.2) is 59.9 Å². The highest BCUT2D eigenvalue weighted by molar-refractivity contribution is 7.98. The molecule has 1 saturated heterocycles. The minimum atomic E-state index is -0.293. The van der Waals surface area contributed by atoms with Crippen molar-refractivity contribution in [2.45, 2.75) is 17.5 Å². The molecule has 0 aliphatic carbocycles. The zero-order valence-corrected chi connectivity index (χ0v) is 18.8. The summed E-state index contributed by atoms with van der Waals surface area (Å²) in [5, 5.41) is 10.3. The number of ether oxygens (including phenoxy) is 1. The number of pyridine rings is 1. The SMILES string of the molecule is Fc1ccc(-c2nnc(SCc3cc(F)cc4cccnc34)n2CCN2CCOCC2)cc1. The third kappa shape index (κ3) is 5.05. The summed E-state index contributed by atoms with van der Waals surface area (Å²) in [6, 6.07) is 13.0. The molecule has 0 atom stereocenters. The monoisotopic (exact) mass is 467 g/mol. The molecule has 0 saturated carbocycles. The highest BCUT2D eigenvalue weighted by atomic mass is 32.2. The lowest BCUT2D eigenvalue weighted by Gasteiger charge is -2.27. The number of benzene rings is 2. The van der Waals surface area contributed by atoms with Gasteiger partial charge in [-0.05, 0) is 48.0 Å². The van der Waals surface area contributed by atoms with Crippen LogP contribution in [0.5, 0.6) is 0 Å². The molecule has 4 aromatic rings. The zero-order valence-electron chi connectivity index (χ0n) is 18.0. The molecular weight excluding hydrogens is 444 g/mol. The van der Waals surface area contributed by atoms with Crippen LogP contribution < -0.4 is 0 Å². The summed E-state index contributed by atoms with van der Waals surface area (Å²) >= 11 is 1.49. The standard InChI is InChI=1S/C24H23F2N5OS/c25-20-5-3-17(4-6-20)23-28-29-24(31(23)9-8-30-10-12-32-13-11-30)33-16-19-15-21(26)14-18-2-1-7-27-22(18)19/h1-7,14-15H,8-13,16H2. The quantitative estimate of drug-likeness (QED) is 0.376. The van der Waals surface area contributed by atoms with Gasteiger partial charge in [0.25, 0.3) is 0 Å². The van der Waals surface area contributed by atoms with E-state index < -0.39 is 0 Å². The van der Waals surface area contributed by atoms with Crippen LogP contribution in [0, 0.1) is 11.6 Å². The number of fused-ring (bicyclic) bond motifs is 1. The molecule has 0 N–H and O–H groups in total. The van der Waals surface area contributed by atoms with E-state index in [1.165, 1.54) is 36.0 Å². The Balaban J connectivity index is 1.42. The van der Waals surface area contributed by atoms with Crippen molar-refractivity contribution in [1.29, 1.82) is 0 Å². The number of rotatable bonds is 7. The van der Waals surface area contributed by atoms with E-state index in [4.69, 9.17) is 4.74 Å². The van der Waals surface area contributed by atoms with E-state index >= 15 is 0 Å². The van der Waals surface area contributed by atoms with E-state index in [0.29, 0.717) is 18.1 Å². The summed E-state index contributed by atoms with van der Waals surface area (Å²) in [6.07, 6.45) is 1.71. The van der Waals surface area contributed by atoms with Gasteiger partial charge in [0.1, 0.15) is 11.6 Å². The maximum absolute atomic E-state index is 14.2. The Labute approximate surface area is 194 Å². The van der Waals surface area contributed by atoms with Crippen molar-refractivity contribution in [2.24, 2.45) is 0 Å². The molecular formula is C24H23F2N5OS.